The first kappa shape index (κ1) is 16.8. The maximum absolute atomic E-state index is 12.3. The van der Waals surface area contributed by atoms with Crippen LogP contribution < -0.4 is 10.6 Å². The van der Waals surface area contributed by atoms with Crippen molar-refractivity contribution < 1.29 is 14.4 Å². The molecule has 0 spiro atoms. The van der Waals surface area contributed by atoms with Crippen molar-refractivity contribution in [2.24, 2.45) is 5.92 Å². The van der Waals surface area contributed by atoms with Gasteiger partial charge in [-0.1, -0.05) is 17.7 Å². The van der Waals surface area contributed by atoms with E-state index in [9.17, 15) is 14.4 Å². The van der Waals surface area contributed by atoms with E-state index in [1.807, 2.05) is 13.0 Å². The van der Waals surface area contributed by atoms with E-state index in [0.29, 0.717) is 23.8 Å². The molecule has 1 saturated carbocycles. The fraction of sp³-hybridized carbons (Fsp3) is 0.471. The molecule has 0 bridgehead atoms. The topological polar surface area (TPSA) is 78.5 Å². The number of carbonyl (C=O) groups excluding carboxylic acids is 3. The lowest BCUT2D eigenvalue weighted by molar-refractivity contribution is -0.145. The monoisotopic (exact) mass is 349 g/mol. The fourth-order valence-corrected chi connectivity index (χ4v) is 2.98. The van der Waals surface area contributed by atoms with Crippen LogP contribution in [0.3, 0.4) is 0 Å². The number of rotatable bonds is 4. The van der Waals surface area contributed by atoms with Crippen LogP contribution in [0.2, 0.25) is 5.02 Å². The maximum atomic E-state index is 12.3. The number of nitrogens with one attached hydrogen (secondary N) is 2. The lowest BCUT2D eigenvalue weighted by atomic mass is 10.1. The molecular formula is C17H20ClN3O3. The van der Waals surface area contributed by atoms with Gasteiger partial charge in [-0.3, -0.25) is 14.4 Å². The van der Waals surface area contributed by atoms with Gasteiger partial charge in [0, 0.05) is 29.7 Å². The summed E-state index contributed by atoms with van der Waals surface area (Å²) < 4.78 is 0. The van der Waals surface area contributed by atoms with Crippen molar-refractivity contribution in [3.63, 3.8) is 0 Å². The summed E-state index contributed by atoms with van der Waals surface area (Å²) in [6, 6.07) is 4.50. The van der Waals surface area contributed by atoms with Crippen LogP contribution in [0.4, 0.5) is 5.69 Å². The molecule has 3 rings (SSSR count). The Morgan fingerprint density at radius 1 is 1.38 bits per heavy atom. The zero-order chi connectivity index (χ0) is 17.3. The average molecular weight is 350 g/mol. The van der Waals surface area contributed by atoms with Crippen LogP contribution in [-0.2, 0) is 14.4 Å². The highest BCUT2D eigenvalue weighted by atomic mass is 35.5. The molecule has 128 valence electrons. The molecule has 0 unspecified atom stereocenters. The predicted octanol–water partition coefficient (Wildman–Crippen LogP) is 1.71. The van der Waals surface area contributed by atoms with Gasteiger partial charge in [0.2, 0.25) is 17.7 Å². The van der Waals surface area contributed by atoms with E-state index >= 15 is 0 Å². The number of aryl methyl sites for hydroxylation is 1. The summed E-state index contributed by atoms with van der Waals surface area (Å²) in [6.45, 7) is 2.76. The first-order valence-corrected chi connectivity index (χ1v) is 8.47. The minimum atomic E-state index is -0.743. The van der Waals surface area contributed by atoms with E-state index in [4.69, 9.17) is 11.6 Å². The lowest BCUT2D eigenvalue weighted by Crippen LogP contribution is -2.58. The summed E-state index contributed by atoms with van der Waals surface area (Å²) in [5.74, 6) is -0.573. The van der Waals surface area contributed by atoms with Crippen molar-refractivity contribution in [1.82, 2.24) is 10.2 Å². The van der Waals surface area contributed by atoms with Gasteiger partial charge >= 0.3 is 0 Å². The van der Waals surface area contributed by atoms with Crippen LogP contribution in [0, 0.1) is 12.8 Å². The second kappa shape index (κ2) is 6.81. The van der Waals surface area contributed by atoms with E-state index in [1.165, 1.54) is 0 Å². The van der Waals surface area contributed by atoms with Crippen LogP contribution in [0.25, 0.3) is 0 Å². The molecule has 1 heterocycles. The highest BCUT2D eigenvalue weighted by Crippen LogP contribution is 2.32. The third-order valence-electron chi connectivity index (χ3n) is 4.37. The van der Waals surface area contributed by atoms with Crippen molar-refractivity contribution >= 4 is 35.0 Å². The lowest BCUT2D eigenvalue weighted by Gasteiger charge is -2.34. The third kappa shape index (κ3) is 3.70. The number of carbonyl (C=O) groups is 3. The maximum Gasteiger partial charge on any atom is 0.243 e. The largest absolute Gasteiger partial charge is 0.353 e. The van der Waals surface area contributed by atoms with Gasteiger partial charge in [0.1, 0.15) is 6.04 Å². The Balaban J connectivity index is 1.66. The van der Waals surface area contributed by atoms with Gasteiger partial charge in [-0.15, -0.1) is 0 Å². The SMILES string of the molecule is Cc1ccc(NC(=O)C[C@H]2C(=O)NCCN2C(=O)C2CC2)cc1Cl. The van der Waals surface area contributed by atoms with Crippen molar-refractivity contribution in [2.45, 2.75) is 32.2 Å². The summed E-state index contributed by atoms with van der Waals surface area (Å²) in [5, 5.41) is 6.03. The first-order chi connectivity index (χ1) is 11.5. The summed E-state index contributed by atoms with van der Waals surface area (Å²) in [6.07, 6.45) is 1.69. The molecule has 1 aliphatic heterocycles. The molecule has 1 aromatic rings. The van der Waals surface area contributed by atoms with Crippen molar-refractivity contribution in [1.29, 1.82) is 0 Å². The van der Waals surface area contributed by atoms with E-state index in [2.05, 4.69) is 10.6 Å². The normalized spacial score (nSPS) is 20.5. The Kier molecular flexibility index (Phi) is 4.76. The highest BCUT2D eigenvalue weighted by molar-refractivity contribution is 6.31. The second-order valence-corrected chi connectivity index (χ2v) is 6.74. The smallest absolute Gasteiger partial charge is 0.243 e. The Labute approximate surface area is 145 Å². The second-order valence-electron chi connectivity index (χ2n) is 6.33. The van der Waals surface area contributed by atoms with Crippen LogP contribution in [0.1, 0.15) is 24.8 Å². The van der Waals surface area contributed by atoms with Gasteiger partial charge in [0.15, 0.2) is 0 Å². The van der Waals surface area contributed by atoms with Gasteiger partial charge < -0.3 is 15.5 Å². The van der Waals surface area contributed by atoms with Crippen molar-refractivity contribution in [3.05, 3.63) is 28.8 Å². The molecule has 1 atom stereocenters. The highest BCUT2D eigenvalue weighted by Gasteiger charge is 2.40. The number of amides is 3. The molecule has 2 aliphatic rings. The quantitative estimate of drug-likeness (QED) is 0.868. The van der Waals surface area contributed by atoms with Gasteiger partial charge in [-0.25, -0.2) is 0 Å². The van der Waals surface area contributed by atoms with Crippen LogP contribution in [0.15, 0.2) is 18.2 Å². The molecule has 6 nitrogen and oxygen atoms in total. The summed E-state index contributed by atoms with van der Waals surface area (Å²) in [7, 11) is 0. The average Bonchev–Trinajstić information content (AvgIpc) is 3.37. The summed E-state index contributed by atoms with van der Waals surface area (Å²) in [5.41, 5.74) is 1.49. The summed E-state index contributed by atoms with van der Waals surface area (Å²) in [4.78, 5) is 38.3. The Morgan fingerprint density at radius 3 is 2.79 bits per heavy atom. The van der Waals surface area contributed by atoms with E-state index < -0.39 is 6.04 Å². The molecule has 7 heteroatoms. The molecule has 0 radical (unpaired) electrons. The molecule has 1 aliphatic carbocycles. The molecular weight excluding hydrogens is 330 g/mol. The molecule has 2 N–H and O–H groups in total. The zero-order valence-corrected chi connectivity index (χ0v) is 14.2. The van der Waals surface area contributed by atoms with E-state index in [-0.39, 0.29) is 30.1 Å². The number of piperazine rings is 1. The summed E-state index contributed by atoms with van der Waals surface area (Å²) >= 11 is 6.05. The Morgan fingerprint density at radius 2 is 2.12 bits per heavy atom. The number of hydrogen-bond acceptors (Lipinski definition) is 3. The number of anilines is 1. The molecule has 1 aromatic carbocycles. The van der Waals surface area contributed by atoms with E-state index in [0.717, 1.165) is 18.4 Å². The standard InChI is InChI=1S/C17H20ClN3O3/c1-10-2-5-12(8-13(10)18)20-15(22)9-14-16(23)19-6-7-21(14)17(24)11-3-4-11/h2,5,8,11,14H,3-4,6-7,9H2,1H3,(H,19,23)(H,20,22)/t14-/m0/s1. The fourth-order valence-electron chi connectivity index (χ4n) is 2.80. The third-order valence-corrected chi connectivity index (χ3v) is 4.78. The molecule has 1 saturated heterocycles. The first-order valence-electron chi connectivity index (χ1n) is 8.10. The molecule has 24 heavy (non-hydrogen) atoms. The number of nitrogens with zero attached hydrogens (tertiary/aromatic N) is 1. The molecule has 2 fully saturated rings. The minimum absolute atomic E-state index is 0.0129. The zero-order valence-electron chi connectivity index (χ0n) is 13.5. The van der Waals surface area contributed by atoms with Crippen LogP contribution in [-0.4, -0.2) is 41.8 Å². The van der Waals surface area contributed by atoms with Gasteiger partial charge in [-0.2, -0.15) is 0 Å². The Hall–Kier alpha value is -2.08. The molecule has 0 aromatic heterocycles. The van der Waals surface area contributed by atoms with Gasteiger partial charge in [0.05, 0.1) is 6.42 Å². The Bertz CT molecular complexity index is 688. The van der Waals surface area contributed by atoms with Crippen LogP contribution >= 0.6 is 11.6 Å². The number of hydrogen-bond donors (Lipinski definition) is 2. The van der Waals surface area contributed by atoms with Gasteiger partial charge in [0.25, 0.3) is 0 Å². The van der Waals surface area contributed by atoms with Crippen molar-refractivity contribution in [2.75, 3.05) is 18.4 Å². The molecule has 3 amide bonds. The number of benzene rings is 1. The van der Waals surface area contributed by atoms with Gasteiger partial charge in [-0.05, 0) is 37.5 Å². The minimum Gasteiger partial charge on any atom is -0.353 e. The number of halogens is 1. The van der Waals surface area contributed by atoms with E-state index in [1.54, 1.807) is 17.0 Å². The van der Waals surface area contributed by atoms with Crippen LogP contribution in [0.5, 0.6) is 0 Å². The predicted molar refractivity (Wildman–Crippen MR) is 90.7 cm³/mol. The van der Waals surface area contributed by atoms with Crippen molar-refractivity contribution in [3.8, 4) is 0 Å².